The zero-order chi connectivity index (χ0) is 15.1. The van der Waals surface area contributed by atoms with Crippen molar-refractivity contribution in [1.29, 1.82) is 0 Å². The SMILES string of the molecule is COc1ccc(COc2ccccc2F)cc1C#CCN. The predicted octanol–water partition coefficient (Wildman–Crippen LogP) is 2.72. The number of hydrogen-bond donors (Lipinski definition) is 1. The second-order valence-corrected chi connectivity index (χ2v) is 4.26. The highest BCUT2D eigenvalue weighted by molar-refractivity contribution is 5.48. The maximum atomic E-state index is 13.5. The van der Waals surface area contributed by atoms with Crippen LogP contribution in [0.25, 0.3) is 0 Å². The van der Waals surface area contributed by atoms with Crippen LogP contribution < -0.4 is 15.2 Å². The highest BCUT2D eigenvalue weighted by atomic mass is 19.1. The molecule has 0 aromatic heterocycles. The Morgan fingerprint density at radius 3 is 2.67 bits per heavy atom. The van der Waals surface area contributed by atoms with E-state index in [0.717, 1.165) is 11.1 Å². The van der Waals surface area contributed by atoms with Gasteiger partial charge in [0.25, 0.3) is 0 Å². The van der Waals surface area contributed by atoms with Crippen LogP contribution in [0.5, 0.6) is 11.5 Å². The Balaban J connectivity index is 2.15. The lowest BCUT2D eigenvalue weighted by molar-refractivity contribution is 0.290. The average molecular weight is 285 g/mol. The third-order valence-electron chi connectivity index (χ3n) is 2.82. The molecular formula is C17H16FNO2. The van der Waals surface area contributed by atoms with E-state index >= 15 is 0 Å². The molecule has 2 rings (SSSR count). The summed E-state index contributed by atoms with van der Waals surface area (Å²) in [4.78, 5) is 0. The van der Waals surface area contributed by atoms with Gasteiger partial charge in [0, 0.05) is 0 Å². The summed E-state index contributed by atoms with van der Waals surface area (Å²) in [7, 11) is 1.58. The Hall–Kier alpha value is -2.51. The Morgan fingerprint density at radius 2 is 1.95 bits per heavy atom. The van der Waals surface area contributed by atoms with Gasteiger partial charge < -0.3 is 15.2 Å². The van der Waals surface area contributed by atoms with Crippen LogP contribution in [0.1, 0.15) is 11.1 Å². The average Bonchev–Trinajstić information content (AvgIpc) is 2.52. The molecule has 2 aromatic carbocycles. The van der Waals surface area contributed by atoms with Crippen LogP contribution in [0.2, 0.25) is 0 Å². The quantitative estimate of drug-likeness (QED) is 0.878. The molecule has 0 spiro atoms. The van der Waals surface area contributed by atoms with E-state index in [2.05, 4.69) is 11.8 Å². The molecule has 0 aliphatic heterocycles. The Labute approximate surface area is 123 Å². The van der Waals surface area contributed by atoms with Crippen molar-refractivity contribution < 1.29 is 13.9 Å². The Kier molecular flexibility index (Phi) is 5.19. The molecule has 0 fully saturated rings. The zero-order valence-electron chi connectivity index (χ0n) is 11.7. The van der Waals surface area contributed by atoms with Crippen LogP contribution >= 0.6 is 0 Å². The van der Waals surface area contributed by atoms with E-state index in [1.165, 1.54) is 6.07 Å². The Morgan fingerprint density at radius 1 is 1.14 bits per heavy atom. The maximum Gasteiger partial charge on any atom is 0.165 e. The molecule has 108 valence electrons. The summed E-state index contributed by atoms with van der Waals surface area (Å²) < 4.78 is 24.2. The van der Waals surface area contributed by atoms with Crippen LogP contribution in [-0.4, -0.2) is 13.7 Å². The number of halogens is 1. The van der Waals surface area contributed by atoms with Gasteiger partial charge in [0.15, 0.2) is 11.6 Å². The summed E-state index contributed by atoms with van der Waals surface area (Å²) in [5.41, 5.74) is 6.99. The van der Waals surface area contributed by atoms with Gasteiger partial charge in [0.2, 0.25) is 0 Å². The lowest BCUT2D eigenvalue weighted by Crippen LogP contribution is -1.99. The summed E-state index contributed by atoms with van der Waals surface area (Å²) in [6.07, 6.45) is 0. The van der Waals surface area contributed by atoms with E-state index < -0.39 is 0 Å². The molecule has 2 aromatic rings. The minimum atomic E-state index is -0.380. The first-order valence-corrected chi connectivity index (χ1v) is 6.47. The minimum absolute atomic E-state index is 0.225. The molecule has 0 saturated heterocycles. The lowest BCUT2D eigenvalue weighted by Gasteiger charge is -2.09. The van der Waals surface area contributed by atoms with E-state index in [1.54, 1.807) is 31.4 Å². The number of ether oxygens (including phenoxy) is 2. The summed E-state index contributed by atoms with van der Waals surface area (Å²) >= 11 is 0. The fourth-order valence-electron chi connectivity index (χ4n) is 1.81. The number of methoxy groups -OCH3 is 1. The van der Waals surface area contributed by atoms with Crippen molar-refractivity contribution in [2.45, 2.75) is 6.61 Å². The van der Waals surface area contributed by atoms with Gasteiger partial charge >= 0.3 is 0 Å². The van der Waals surface area contributed by atoms with Gasteiger partial charge in [0.05, 0.1) is 19.2 Å². The molecule has 0 saturated carbocycles. The van der Waals surface area contributed by atoms with Crippen LogP contribution in [0.15, 0.2) is 42.5 Å². The molecule has 3 nitrogen and oxygen atoms in total. The largest absolute Gasteiger partial charge is 0.495 e. The lowest BCUT2D eigenvalue weighted by atomic mass is 10.1. The maximum absolute atomic E-state index is 13.5. The molecule has 0 bridgehead atoms. The van der Waals surface area contributed by atoms with E-state index in [-0.39, 0.29) is 24.7 Å². The number of benzene rings is 2. The van der Waals surface area contributed by atoms with Crippen molar-refractivity contribution in [3.05, 3.63) is 59.4 Å². The summed E-state index contributed by atoms with van der Waals surface area (Å²) in [5, 5.41) is 0. The normalized spacial score (nSPS) is 9.67. The van der Waals surface area contributed by atoms with E-state index in [4.69, 9.17) is 15.2 Å². The number of nitrogens with two attached hydrogens (primary N) is 1. The van der Waals surface area contributed by atoms with Crippen molar-refractivity contribution in [2.24, 2.45) is 5.73 Å². The van der Waals surface area contributed by atoms with Gasteiger partial charge in [-0.05, 0) is 29.8 Å². The number of rotatable bonds is 4. The molecule has 0 aliphatic rings. The van der Waals surface area contributed by atoms with E-state index in [1.807, 2.05) is 12.1 Å². The molecule has 0 aliphatic carbocycles. The van der Waals surface area contributed by atoms with E-state index in [9.17, 15) is 4.39 Å². The van der Waals surface area contributed by atoms with Crippen molar-refractivity contribution in [3.63, 3.8) is 0 Å². The van der Waals surface area contributed by atoms with Crippen molar-refractivity contribution in [2.75, 3.05) is 13.7 Å². The van der Waals surface area contributed by atoms with Crippen molar-refractivity contribution in [3.8, 4) is 23.3 Å². The van der Waals surface area contributed by atoms with E-state index in [0.29, 0.717) is 5.75 Å². The van der Waals surface area contributed by atoms with Crippen LogP contribution in [0.4, 0.5) is 4.39 Å². The predicted molar refractivity (Wildman–Crippen MR) is 79.7 cm³/mol. The second-order valence-electron chi connectivity index (χ2n) is 4.26. The molecule has 4 heteroatoms. The van der Waals surface area contributed by atoms with Crippen LogP contribution in [0, 0.1) is 17.7 Å². The fraction of sp³-hybridized carbons (Fsp3) is 0.176. The first kappa shape index (κ1) is 14.9. The number of para-hydroxylation sites is 1. The van der Waals surface area contributed by atoms with Gasteiger partial charge in [-0.15, -0.1) is 0 Å². The molecule has 0 radical (unpaired) electrons. The van der Waals surface area contributed by atoms with Gasteiger partial charge in [0.1, 0.15) is 12.4 Å². The standard InChI is InChI=1S/C17H16FNO2/c1-20-16-9-8-13(11-14(16)5-4-10-19)12-21-17-7-3-2-6-15(17)18/h2-3,6-9,11H,10,12,19H2,1H3. The Bertz CT molecular complexity index is 674. The molecular weight excluding hydrogens is 269 g/mol. The van der Waals surface area contributed by atoms with Gasteiger partial charge in [-0.3, -0.25) is 0 Å². The summed E-state index contributed by atoms with van der Waals surface area (Å²) in [6, 6.07) is 11.8. The molecule has 0 unspecified atom stereocenters. The molecule has 0 heterocycles. The van der Waals surface area contributed by atoms with Crippen LogP contribution in [0.3, 0.4) is 0 Å². The highest BCUT2D eigenvalue weighted by Crippen LogP contribution is 2.21. The molecule has 0 amide bonds. The summed E-state index contributed by atoms with van der Waals surface area (Å²) in [5.74, 6) is 6.25. The van der Waals surface area contributed by atoms with Gasteiger partial charge in [-0.1, -0.05) is 30.0 Å². The summed E-state index contributed by atoms with van der Waals surface area (Å²) in [6.45, 7) is 0.529. The minimum Gasteiger partial charge on any atom is -0.495 e. The highest BCUT2D eigenvalue weighted by Gasteiger charge is 2.05. The molecule has 21 heavy (non-hydrogen) atoms. The zero-order valence-corrected chi connectivity index (χ0v) is 11.7. The smallest absolute Gasteiger partial charge is 0.165 e. The van der Waals surface area contributed by atoms with Gasteiger partial charge in [-0.2, -0.15) is 0 Å². The molecule has 0 atom stereocenters. The number of hydrogen-bond acceptors (Lipinski definition) is 3. The monoisotopic (exact) mass is 285 g/mol. The second kappa shape index (κ2) is 7.32. The fourth-order valence-corrected chi connectivity index (χ4v) is 1.81. The van der Waals surface area contributed by atoms with Crippen molar-refractivity contribution in [1.82, 2.24) is 0 Å². The van der Waals surface area contributed by atoms with Gasteiger partial charge in [-0.25, -0.2) is 4.39 Å². The molecule has 2 N–H and O–H groups in total. The third-order valence-corrected chi connectivity index (χ3v) is 2.82. The topological polar surface area (TPSA) is 44.5 Å². The van der Waals surface area contributed by atoms with Crippen LogP contribution in [-0.2, 0) is 6.61 Å². The first-order valence-electron chi connectivity index (χ1n) is 6.47. The van der Waals surface area contributed by atoms with Crippen molar-refractivity contribution >= 4 is 0 Å². The first-order chi connectivity index (χ1) is 10.2. The third kappa shape index (κ3) is 3.98.